The van der Waals surface area contributed by atoms with Crippen LogP contribution in [0.2, 0.25) is 0 Å². The molecule has 3 heteroatoms. The molecule has 0 aliphatic heterocycles. The first kappa shape index (κ1) is 9.30. The summed E-state index contributed by atoms with van der Waals surface area (Å²) >= 11 is 0. The number of halogens is 1. The number of rotatable bonds is 4. The minimum absolute atomic E-state index is 0.00694. The number of aliphatic hydroxyl groups is 1. The molecule has 10 heavy (non-hydrogen) atoms. The molecule has 2 nitrogen and oxygen atoms in total. The van der Waals surface area contributed by atoms with Gasteiger partial charge in [-0.25, -0.2) is 4.39 Å². The first-order chi connectivity index (χ1) is 4.54. The topological polar surface area (TPSA) is 37.3 Å². The van der Waals surface area contributed by atoms with E-state index in [1.807, 2.05) is 0 Å². The molecule has 58 valence electrons. The van der Waals surface area contributed by atoms with Gasteiger partial charge in [0.2, 0.25) is 0 Å². The third-order valence-corrected chi connectivity index (χ3v) is 1.06. The highest BCUT2D eigenvalue weighted by molar-refractivity contribution is 5.62. The molecule has 0 amide bonds. The predicted molar refractivity (Wildman–Crippen MR) is 36.4 cm³/mol. The quantitative estimate of drug-likeness (QED) is 0.471. The van der Waals surface area contributed by atoms with Crippen LogP contribution in [-0.2, 0) is 4.79 Å². The van der Waals surface area contributed by atoms with Crippen LogP contribution in [0.15, 0.2) is 12.2 Å². The van der Waals surface area contributed by atoms with Crippen molar-refractivity contribution in [1.29, 1.82) is 0 Å². The molecule has 1 N–H and O–H groups in total. The highest BCUT2D eigenvalue weighted by Crippen LogP contribution is 2.12. The lowest BCUT2D eigenvalue weighted by molar-refractivity contribution is -0.125. The third kappa shape index (κ3) is 2.73. The Morgan fingerprint density at radius 2 is 2.40 bits per heavy atom. The molecule has 1 unspecified atom stereocenters. The van der Waals surface area contributed by atoms with Crippen molar-refractivity contribution in [2.24, 2.45) is 0 Å². The highest BCUT2D eigenvalue weighted by Gasteiger charge is 2.25. The van der Waals surface area contributed by atoms with E-state index in [0.29, 0.717) is 5.57 Å². The Labute approximate surface area is 59.4 Å². The average molecular weight is 146 g/mol. The molecule has 0 rings (SSSR count). The summed E-state index contributed by atoms with van der Waals surface area (Å²) in [5, 5.41) is 9.00. The average Bonchev–Trinajstić information content (AvgIpc) is 1.87. The van der Waals surface area contributed by atoms with Gasteiger partial charge in [0.1, 0.15) is 6.67 Å². The summed E-state index contributed by atoms with van der Waals surface area (Å²) in [5.41, 5.74) is -1.25. The summed E-state index contributed by atoms with van der Waals surface area (Å²) in [4.78, 5) is 10.1. The van der Waals surface area contributed by atoms with Gasteiger partial charge in [0.15, 0.2) is 11.9 Å². The van der Waals surface area contributed by atoms with Crippen LogP contribution >= 0.6 is 0 Å². The van der Waals surface area contributed by atoms with Gasteiger partial charge in [-0.1, -0.05) is 5.57 Å². The van der Waals surface area contributed by atoms with Crippen molar-refractivity contribution >= 4 is 6.29 Å². The van der Waals surface area contributed by atoms with Gasteiger partial charge in [-0.3, -0.25) is 0 Å². The van der Waals surface area contributed by atoms with Gasteiger partial charge in [0.25, 0.3) is 0 Å². The smallest absolute Gasteiger partial charge is 0.154 e. The van der Waals surface area contributed by atoms with Gasteiger partial charge < -0.3 is 9.90 Å². The van der Waals surface area contributed by atoms with E-state index in [2.05, 4.69) is 6.58 Å². The minimum Gasteiger partial charge on any atom is -0.379 e. The van der Waals surface area contributed by atoms with E-state index in [4.69, 9.17) is 5.11 Å². The lowest BCUT2D eigenvalue weighted by Crippen LogP contribution is -2.33. The second kappa shape index (κ2) is 3.46. The Hall–Kier alpha value is -0.700. The third-order valence-electron chi connectivity index (χ3n) is 1.06. The number of hydrogen-bond donors (Lipinski definition) is 1. The van der Waals surface area contributed by atoms with Crippen molar-refractivity contribution < 1.29 is 14.3 Å². The molecule has 0 aromatic heterocycles. The van der Waals surface area contributed by atoms with Crippen LogP contribution in [0.25, 0.3) is 0 Å². The molecule has 0 saturated heterocycles. The fourth-order valence-corrected chi connectivity index (χ4v) is 0.643. The zero-order chi connectivity index (χ0) is 8.20. The second-order valence-corrected chi connectivity index (χ2v) is 2.49. The lowest BCUT2D eigenvalue weighted by Gasteiger charge is -2.16. The molecule has 0 saturated carbocycles. The Morgan fingerprint density at radius 1 is 1.90 bits per heavy atom. The van der Waals surface area contributed by atoms with E-state index in [9.17, 15) is 9.18 Å². The van der Waals surface area contributed by atoms with Crippen LogP contribution in [0, 0.1) is 0 Å². The van der Waals surface area contributed by atoms with E-state index < -0.39 is 12.3 Å². The van der Waals surface area contributed by atoms with Crippen molar-refractivity contribution in [3.63, 3.8) is 0 Å². The highest BCUT2D eigenvalue weighted by atomic mass is 19.1. The van der Waals surface area contributed by atoms with Crippen LogP contribution in [0.4, 0.5) is 4.39 Å². The van der Waals surface area contributed by atoms with Gasteiger partial charge in [0, 0.05) is 6.42 Å². The van der Waals surface area contributed by atoms with Crippen molar-refractivity contribution in [2.45, 2.75) is 18.9 Å². The van der Waals surface area contributed by atoms with Crippen LogP contribution in [0.1, 0.15) is 13.3 Å². The molecule has 0 aromatic carbocycles. The van der Waals surface area contributed by atoms with Gasteiger partial charge in [-0.05, 0) is 6.92 Å². The summed E-state index contributed by atoms with van der Waals surface area (Å²) < 4.78 is 11.9. The zero-order valence-electron chi connectivity index (χ0n) is 5.93. The molecular formula is C7H11FO2. The molecule has 0 aromatic rings. The summed E-state index contributed by atoms with van der Waals surface area (Å²) in [6.45, 7) is 4.03. The number of carbonyl (C=O) groups excluding carboxylic acids is 1. The van der Waals surface area contributed by atoms with Crippen molar-refractivity contribution in [3.05, 3.63) is 12.2 Å². The maximum atomic E-state index is 11.9. The lowest BCUT2D eigenvalue weighted by atomic mass is 9.99. The van der Waals surface area contributed by atoms with E-state index >= 15 is 0 Å². The monoisotopic (exact) mass is 146 g/mol. The molecule has 0 spiro atoms. The fourth-order valence-electron chi connectivity index (χ4n) is 0.643. The summed E-state index contributed by atoms with van der Waals surface area (Å²) in [6.07, 6.45) is 0.203. The number of alkyl halides is 1. The van der Waals surface area contributed by atoms with Crippen LogP contribution in [0.5, 0.6) is 0 Å². The SMILES string of the molecule is C=C(C)CC(O)(C=O)CF. The molecule has 0 heterocycles. The zero-order valence-corrected chi connectivity index (χ0v) is 5.93. The van der Waals surface area contributed by atoms with E-state index in [-0.39, 0.29) is 12.7 Å². The molecule has 0 fully saturated rings. The Kier molecular flexibility index (Phi) is 3.22. The summed E-state index contributed by atoms with van der Waals surface area (Å²) in [6, 6.07) is 0. The van der Waals surface area contributed by atoms with Crippen LogP contribution in [-0.4, -0.2) is 23.7 Å². The number of aldehydes is 1. The van der Waals surface area contributed by atoms with Crippen molar-refractivity contribution in [2.75, 3.05) is 6.67 Å². The maximum Gasteiger partial charge on any atom is 0.154 e. The largest absolute Gasteiger partial charge is 0.379 e. The van der Waals surface area contributed by atoms with E-state index in [0.717, 1.165) is 0 Å². The number of hydrogen-bond acceptors (Lipinski definition) is 2. The molecule has 0 radical (unpaired) electrons. The van der Waals surface area contributed by atoms with Gasteiger partial charge in [0.05, 0.1) is 0 Å². The van der Waals surface area contributed by atoms with Crippen molar-refractivity contribution in [3.8, 4) is 0 Å². The fraction of sp³-hybridized carbons (Fsp3) is 0.571. The van der Waals surface area contributed by atoms with E-state index in [1.165, 1.54) is 0 Å². The van der Waals surface area contributed by atoms with Crippen molar-refractivity contribution in [1.82, 2.24) is 0 Å². The summed E-state index contributed by atoms with van der Waals surface area (Å²) in [7, 11) is 0. The van der Waals surface area contributed by atoms with E-state index in [1.54, 1.807) is 6.92 Å². The predicted octanol–water partition coefficient (Wildman–Crippen LogP) is 0.852. The van der Waals surface area contributed by atoms with Gasteiger partial charge in [-0.2, -0.15) is 0 Å². The molecule has 0 aliphatic carbocycles. The minimum atomic E-state index is -1.84. The molecule has 0 aliphatic rings. The Bertz CT molecular complexity index is 145. The van der Waals surface area contributed by atoms with Crippen LogP contribution < -0.4 is 0 Å². The maximum absolute atomic E-state index is 11.9. The number of carbonyl (C=O) groups is 1. The molecule has 0 bridgehead atoms. The Morgan fingerprint density at radius 3 is 2.50 bits per heavy atom. The molecular weight excluding hydrogens is 135 g/mol. The molecule has 1 atom stereocenters. The summed E-state index contributed by atoms with van der Waals surface area (Å²) in [5.74, 6) is 0. The standard InChI is InChI=1S/C7H11FO2/c1-6(2)3-7(10,4-8)5-9/h5,10H,1,3-4H2,2H3. The van der Waals surface area contributed by atoms with Crippen LogP contribution in [0.3, 0.4) is 0 Å². The second-order valence-electron chi connectivity index (χ2n) is 2.49. The first-order valence-electron chi connectivity index (χ1n) is 2.93. The van der Waals surface area contributed by atoms with Gasteiger partial charge >= 0.3 is 0 Å². The first-order valence-corrected chi connectivity index (χ1v) is 2.93. The Balaban J connectivity index is 4.05. The normalized spacial score (nSPS) is 15.9. The van der Waals surface area contributed by atoms with Gasteiger partial charge in [-0.15, -0.1) is 6.58 Å².